The first-order valence-corrected chi connectivity index (χ1v) is 9.24. The van der Waals surface area contributed by atoms with Gasteiger partial charge in [0.15, 0.2) is 5.69 Å². The molecule has 1 amide bonds. The molecule has 2 aromatic heterocycles. The number of pyridine rings is 2. The summed E-state index contributed by atoms with van der Waals surface area (Å²) in [5.41, 5.74) is 7.06. The van der Waals surface area contributed by atoms with E-state index in [1.807, 2.05) is 24.3 Å². The van der Waals surface area contributed by atoms with Crippen molar-refractivity contribution in [3.8, 4) is 5.88 Å². The normalized spacial score (nSPS) is 14.4. The van der Waals surface area contributed by atoms with Gasteiger partial charge < -0.3 is 15.8 Å². The summed E-state index contributed by atoms with van der Waals surface area (Å²) in [5.74, 6) is 0.940. The number of nitrogens with zero attached hydrogens (tertiary/aromatic N) is 2. The Morgan fingerprint density at radius 3 is 2.81 bits per heavy atom. The van der Waals surface area contributed by atoms with Gasteiger partial charge in [-0.3, -0.25) is 4.79 Å². The van der Waals surface area contributed by atoms with Crippen LogP contribution in [0.3, 0.4) is 0 Å². The lowest BCUT2D eigenvalue weighted by atomic mass is 10.1. The van der Waals surface area contributed by atoms with Crippen molar-refractivity contribution in [2.45, 2.75) is 25.7 Å². The van der Waals surface area contributed by atoms with E-state index in [4.69, 9.17) is 10.5 Å². The molecular weight excluding hydrogens is 340 g/mol. The lowest BCUT2D eigenvalue weighted by Crippen LogP contribution is -2.15. The molecule has 27 heavy (non-hydrogen) atoms. The van der Waals surface area contributed by atoms with Crippen LogP contribution in [0, 0.1) is 5.92 Å². The minimum atomic E-state index is -0.334. The van der Waals surface area contributed by atoms with Gasteiger partial charge in [-0.25, -0.2) is 9.97 Å². The Bertz CT molecular complexity index is 967. The van der Waals surface area contributed by atoms with Crippen LogP contribution in [0.5, 0.6) is 5.88 Å². The van der Waals surface area contributed by atoms with Gasteiger partial charge in [-0.2, -0.15) is 0 Å². The molecule has 1 aliphatic rings. The second-order valence-corrected chi connectivity index (χ2v) is 6.91. The predicted molar refractivity (Wildman–Crippen MR) is 106 cm³/mol. The van der Waals surface area contributed by atoms with Crippen LogP contribution in [-0.4, -0.2) is 22.5 Å². The average Bonchev–Trinajstić information content (AvgIpc) is 3.20. The van der Waals surface area contributed by atoms with Crippen molar-refractivity contribution in [3.05, 3.63) is 54.5 Å². The highest BCUT2D eigenvalue weighted by atomic mass is 16.5. The molecule has 0 unspecified atom stereocenters. The van der Waals surface area contributed by atoms with Crippen LogP contribution < -0.4 is 15.8 Å². The quantitative estimate of drug-likeness (QED) is 0.715. The fourth-order valence-corrected chi connectivity index (χ4v) is 3.51. The van der Waals surface area contributed by atoms with Gasteiger partial charge in [0.2, 0.25) is 5.88 Å². The molecule has 0 radical (unpaired) electrons. The van der Waals surface area contributed by atoms with Gasteiger partial charge in [-0.15, -0.1) is 0 Å². The minimum absolute atomic E-state index is 0.216. The van der Waals surface area contributed by atoms with Gasteiger partial charge >= 0.3 is 0 Å². The van der Waals surface area contributed by atoms with Crippen molar-refractivity contribution in [1.29, 1.82) is 0 Å². The lowest BCUT2D eigenvalue weighted by Gasteiger charge is -2.13. The van der Waals surface area contributed by atoms with Crippen molar-refractivity contribution in [2.24, 2.45) is 5.92 Å². The summed E-state index contributed by atoms with van der Waals surface area (Å²) in [5, 5.41) is 4.74. The Hall–Kier alpha value is -3.15. The fourth-order valence-electron chi connectivity index (χ4n) is 3.51. The molecule has 6 nitrogen and oxygen atoms in total. The van der Waals surface area contributed by atoms with Crippen LogP contribution in [0.25, 0.3) is 10.8 Å². The molecule has 0 bridgehead atoms. The Labute approximate surface area is 157 Å². The molecule has 0 aliphatic heterocycles. The molecule has 3 N–H and O–H groups in total. The molecule has 0 atom stereocenters. The summed E-state index contributed by atoms with van der Waals surface area (Å²) in [6, 6.07) is 10.9. The number of carbonyl (C=O) groups is 1. The highest BCUT2D eigenvalue weighted by molar-refractivity contribution is 6.07. The van der Waals surface area contributed by atoms with E-state index in [-0.39, 0.29) is 11.6 Å². The van der Waals surface area contributed by atoms with E-state index >= 15 is 0 Å². The third-order valence-corrected chi connectivity index (χ3v) is 4.97. The maximum atomic E-state index is 12.4. The molecule has 1 fully saturated rings. The number of ether oxygens (including phenoxy) is 1. The average molecular weight is 362 g/mol. The topological polar surface area (TPSA) is 90.1 Å². The van der Waals surface area contributed by atoms with Gasteiger partial charge in [-0.05, 0) is 60.5 Å². The van der Waals surface area contributed by atoms with Gasteiger partial charge in [0.05, 0.1) is 12.3 Å². The first-order valence-electron chi connectivity index (χ1n) is 9.24. The van der Waals surface area contributed by atoms with Gasteiger partial charge in [-0.1, -0.05) is 12.8 Å². The van der Waals surface area contributed by atoms with Crippen molar-refractivity contribution in [3.63, 3.8) is 0 Å². The second-order valence-electron chi connectivity index (χ2n) is 6.91. The Balaban J connectivity index is 1.52. The van der Waals surface area contributed by atoms with E-state index in [0.29, 0.717) is 29.8 Å². The molecular formula is C21H22N4O2. The summed E-state index contributed by atoms with van der Waals surface area (Å²) < 4.78 is 5.98. The highest BCUT2D eigenvalue weighted by Gasteiger charge is 2.17. The molecule has 0 saturated heterocycles. The molecule has 1 saturated carbocycles. The molecule has 4 rings (SSSR count). The fraction of sp³-hybridized carbons (Fsp3) is 0.286. The van der Waals surface area contributed by atoms with E-state index in [1.54, 1.807) is 24.5 Å². The smallest absolute Gasteiger partial charge is 0.276 e. The summed E-state index contributed by atoms with van der Waals surface area (Å²) in [7, 11) is 0. The number of hydrogen-bond donors (Lipinski definition) is 2. The van der Waals surface area contributed by atoms with Crippen molar-refractivity contribution in [2.75, 3.05) is 17.7 Å². The number of fused-ring (bicyclic) bond motifs is 1. The zero-order valence-corrected chi connectivity index (χ0v) is 15.0. The summed E-state index contributed by atoms with van der Waals surface area (Å²) in [6.07, 6.45) is 8.33. The zero-order chi connectivity index (χ0) is 18.6. The van der Waals surface area contributed by atoms with E-state index in [1.165, 1.54) is 25.7 Å². The Morgan fingerprint density at radius 1 is 1.15 bits per heavy atom. The molecule has 1 aromatic carbocycles. The number of nitrogens with one attached hydrogen (secondary N) is 1. The van der Waals surface area contributed by atoms with Gasteiger partial charge in [0, 0.05) is 23.5 Å². The van der Waals surface area contributed by atoms with Crippen LogP contribution in [0.1, 0.15) is 36.2 Å². The summed E-state index contributed by atoms with van der Waals surface area (Å²) in [4.78, 5) is 20.8. The Morgan fingerprint density at radius 2 is 2.00 bits per heavy atom. The number of nitrogen functional groups attached to an aromatic ring is 1. The van der Waals surface area contributed by atoms with E-state index in [0.717, 1.165) is 10.8 Å². The number of aromatic nitrogens is 2. The molecule has 0 spiro atoms. The molecule has 3 aromatic rings. The minimum Gasteiger partial charge on any atom is -0.477 e. The summed E-state index contributed by atoms with van der Waals surface area (Å²) in [6.45, 7) is 0.712. The van der Waals surface area contributed by atoms with Crippen LogP contribution in [0.15, 0.2) is 48.8 Å². The van der Waals surface area contributed by atoms with Crippen LogP contribution in [0.2, 0.25) is 0 Å². The first kappa shape index (κ1) is 17.3. The SMILES string of the molecule is Nc1cccnc1C(=O)Nc1ccc2c(OCC3CCCC3)nccc2c1. The number of nitrogens with two attached hydrogens (primary N) is 1. The van der Waals surface area contributed by atoms with Crippen molar-refractivity contribution < 1.29 is 9.53 Å². The standard InChI is InChI=1S/C21H22N4O2/c22-18-6-3-10-23-19(18)20(26)25-16-7-8-17-15(12-16)9-11-24-21(17)27-13-14-4-1-2-5-14/h3,6-12,14H,1-2,4-5,13,22H2,(H,25,26). The monoisotopic (exact) mass is 362 g/mol. The van der Waals surface area contributed by atoms with E-state index in [2.05, 4.69) is 15.3 Å². The maximum Gasteiger partial charge on any atom is 0.276 e. The van der Waals surface area contributed by atoms with E-state index < -0.39 is 0 Å². The number of amides is 1. The van der Waals surface area contributed by atoms with Crippen LogP contribution in [0.4, 0.5) is 11.4 Å². The summed E-state index contributed by atoms with van der Waals surface area (Å²) >= 11 is 0. The van der Waals surface area contributed by atoms with E-state index in [9.17, 15) is 4.79 Å². The molecule has 138 valence electrons. The lowest BCUT2D eigenvalue weighted by molar-refractivity contribution is 0.102. The predicted octanol–water partition coefficient (Wildman–Crippen LogP) is 4.03. The molecule has 2 heterocycles. The zero-order valence-electron chi connectivity index (χ0n) is 15.0. The maximum absolute atomic E-state index is 12.4. The van der Waals surface area contributed by atoms with Crippen molar-refractivity contribution in [1.82, 2.24) is 9.97 Å². The number of rotatable bonds is 5. The number of carbonyl (C=O) groups excluding carboxylic acids is 1. The Kier molecular flexibility index (Phi) is 4.87. The highest BCUT2D eigenvalue weighted by Crippen LogP contribution is 2.29. The second kappa shape index (κ2) is 7.61. The van der Waals surface area contributed by atoms with Gasteiger partial charge in [0.1, 0.15) is 0 Å². The van der Waals surface area contributed by atoms with Crippen molar-refractivity contribution >= 4 is 28.1 Å². The molecule has 6 heteroatoms. The number of hydrogen-bond acceptors (Lipinski definition) is 5. The van der Waals surface area contributed by atoms with Crippen LogP contribution >= 0.6 is 0 Å². The molecule has 1 aliphatic carbocycles. The third-order valence-electron chi connectivity index (χ3n) is 4.97. The number of anilines is 2. The first-order chi connectivity index (χ1) is 13.2. The largest absolute Gasteiger partial charge is 0.477 e. The third kappa shape index (κ3) is 3.84. The van der Waals surface area contributed by atoms with Crippen LogP contribution in [-0.2, 0) is 0 Å². The number of benzene rings is 1. The van der Waals surface area contributed by atoms with Gasteiger partial charge in [0.25, 0.3) is 5.91 Å².